The lowest BCUT2D eigenvalue weighted by molar-refractivity contribution is 0.0697. The summed E-state index contributed by atoms with van der Waals surface area (Å²) in [5.41, 5.74) is 4.41. The van der Waals surface area contributed by atoms with Crippen molar-refractivity contribution in [2.45, 2.75) is 6.42 Å². The predicted octanol–water partition coefficient (Wildman–Crippen LogP) is 3.81. The number of nitrogens with zero attached hydrogens (tertiary/aromatic N) is 2. The topological polar surface area (TPSA) is 67.1 Å². The number of carbonyl (C=O) groups is 1. The van der Waals surface area contributed by atoms with Crippen LogP contribution in [0.15, 0.2) is 48.5 Å². The van der Waals surface area contributed by atoms with E-state index in [1.54, 1.807) is 24.3 Å². The lowest BCUT2D eigenvalue weighted by atomic mass is 10.1. The average Bonchev–Trinajstić information content (AvgIpc) is 3.17. The van der Waals surface area contributed by atoms with Gasteiger partial charge in [0.05, 0.1) is 16.9 Å². The molecule has 2 N–H and O–H groups in total. The molecule has 1 aliphatic heterocycles. The van der Waals surface area contributed by atoms with Crippen LogP contribution in [-0.2, 0) is 6.42 Å². The first-order chi connectivity index (χ1) is 11.6. The Morgan fingerprint density at radius 2 is 2.00 bits per heavy atom. The lowest BCUT2D eigenvalue weighted by Gasteiger charge is -2.06. The fourth-order valence-corrected chi connectivity index (χ4v) is 3.52. The standard InChI is InChI=1S/C18H14IN3O2/c19-13-3-1-2-12(10-13)16-15-8-9-20-17(15)22(21-16)14-6-4-11(5-7-14)18(23)24/h1-7,10,20H,8-9H2,(H,23,24). The summed E-state index contributed by atoms with van der Waals surface area (Å²) in [5.74, 6) is 0.0665. The largest absolute Gasteiger partial charge is 0.478 e. The normalized spacial score (nSPS) is 12.7. The predicted molar refractivity (Wildman–Crippen MR) is 101 cm³/mol. The number of fused-ring (bicyclic) bond motifs is 1. The fraction of sp³-hybridized carbons (Fsp3) is 0.111. The Hall–Kier alpha value is -2.35. The van der Waals surface area contributed by atoms with Crippen molar-refractivity contribution in [1.82, 2.24) is 9.78 Å². The summed E-state index contributed by atoms with van der Waals surface area (Å²) < 4.78 is 3.04. The van der Waals surface area contributed by atoms with E-state index in [0.29, 0.717) is 0 Å². The molecule has 0 spiro atoms. The van der Waals surface area contributed by atoms with Gasteiger partial charge in [0.25, 0.3) is 0 Å². The zero-order valence-corrected chi connectivity index (χ0v) is 14.8. The lowest BCUT2D eigenvalue weighted by Crippen LogP contribution is -2.05. The van der Waals surface area contributed by atoms with Gasteiger partial charge >= 0.3 is 5.97 Å². The van der Waals surface area contributed by atoms with Crippen molar-refractivity contribution in [3.63, 3.8) is 0 Å². The van der Waals surface area contributed by atoms with E-state index in [2.05, 4.69) is 46.1 Å². The van der Waals surface area contributed by atoms with Crippen molar-refractivity contribution < 1.29 is 9.90 Å². The van der Waals surface area contributed by atoms with Crippen LogP contribution in [0, 0.1) is 3.57 Å². The number of carboxylic acids is 1. The second kappa shape index (κ2) is 5.94. The maximum absolute atomic E-state index is 11.0. The second-order valence-corrected chi connectivity index (χ2v) is 6.87. The van der Waals surface area contributed by atoms with E-state index in [0.717, 1.165) is 35.7 Å². The third-order valence-electron chi connectivity index (χ3n) is 4.11. The molecule has 0 atom stereocenters. The van der Waals surface area contributed by atoms with Crippen molar-refractivity contribution in [2.24, 2.45) is 0 Å². The first-order valence-corrected chi connectivity index (χ1v) is 8.67. The van der Waals surface area contributed by atoms with Crippen LogP contribution < -0.4 is 5.32 Å². The molecule has 0 bridgehead atoms. The van der Waals surface area contributed by atoms with Gasteiger partial charge in [0.1, 0.15) is 5.82 Å². The molecule has 24 heavy (non-hydrogen) atoms. The van der Waals surface area contributed by atoms with Crippen molar-refractivity contribution in [1.29, 1.82) is 0 Å². The van der Waals surface area contributed by atoms with Crippen LogP contribution in [0.2, 0.25) is 0 Å². The number of hydrogen-bond acceptors (Lipinski definition) is 3. The smallest absolute Gasteiger partial charge is 0.335 e. The van der Waals surface area contributed by atoms with Crippen LogP contribution in [0.3, 0.4) is 0 Å². The first kappa shape index (κ1) is 15.2. The van der Waals surface area contributed by atoms with Gasteiger partial charge in [-0.3, -0.25) is 0 Å². The van der Waals surface area contributed by atoms with Crippen molar-refractivity contribution >= 4 is 34.4 Å². The minimum Gasteiger partial charge on any atom is -0.478 e. The number of nitrogens with one attached hydrogen (secondary N) is 1. The van der Waals surface area contributed by atoms with E-state index in [4.69, 9.17) is 10.2 Å². The highest BCUT2D eigenvalue weighted by Gasteiger charge is 2.24. The van der Waals surface area contributed by atoms with Crippen LogP contribution in [0.4, 0.5) is 5.82 Å². The first-order valence-electron chi connectivity index (χ1n) is 7.59. The minimum atomic E-state index is -0.926. The molecule has 120 valence electrons. The van der Waals surface area contributed by atoms with Gasteiger partial charge in [-0.25, -0.2) is 9.48 Å². The van der Waals surface area contributed by atoms with E-state index < -0.39 is 5.97 Å². The number of carboxylic acid groups (broad SMARTS) is 1. The SMILES string of the molecule is O=C(O)c1ccc(-n2nc(-c3cccc(I)c3)c3c2NCC3)cc1. The summed E-state index contributed by atoms with van der Waals surface area (Å²) in [6, 6.07) is 15.1. The van der Waals surface area contributed by atoms with Crippen molar-refractivity contribution in [2.75, 3.05) is 11.9 Å². The van der Waals surface area contributed by atoms with E-state index in [-0.39, 0.29) is 5.56 Å². The maximum Gasteiger partial charge on any atom is 0.335 e. The van der Waals surface area contributed by atoms with Crippen LogP contribution in [0.1, 0.15) is 15.9 Å². The Balaban J connectivity index is 1.83. The fourth-order valence-electron chi connectivity index (χ4n) is 2.97. The number of aromatic nitrogens is 2. The van der Waals surface area contributed by atoms with Crippen LogP contribution >= 0.6 is 22.6 Å². The summed E-state index contributed by atoms with van der Waals surface area (Å²) in [6.45, 7) is 0.886. The molecule has 2 heterocycles. The van der Waals surface area contributed by atoms with E-state index in [1.807, 2.05) is 10.7 Å². The number of aromatic carboxylic acids is 1. The molecule has 5 nitrogen and oxygen atoms in total. The Labute approximate surface area is 152 Å². The maximum atomic E-state index is 11.0. The number of halogens is 1. The van der Waals surface area contributed by atoms with Crippen LogP contribution in [0.5, 0.6) is 0 Å². The van der Waals surface area contributed by atoms with Gasteiger partial charge in [0.2, 0.25) is 0 Å². The van der Waals surface area contributed by atoms with Crippen molar-refractivity contribution in [3.8, 4) is 16.9 Å². The molecule has 0 saturated carbocycles. The molecule has 3 aromatic rings. The minimum absolute atomic E-state index is 0.272. The van der Waals surface area contributed by atoms with E-state index in [1.165, 1.54) is 9.13 Å². The molecule has 0 fully saturated rings. The molecule has 0 amide bonds. The van der Waals surface area contributed by atoms with Crippen molar-refractivity contribution in [3.05, 3.63) is 63.2 Å². The summed E-state index contributed by atoms with van der Waals surface area (Å²) in [6.07, 6.45) is 0.934. The molecule has 0 aliphatic carbocycles. The Kier molecular flexibility index (Phi) is 3.76. The van der Waals surface area contributed by atoms with Gasteiger partial charge in [-0.1, -0.05) is 12.1 Å². The molecular formula is C18H14IN3O2. The zero-order chi connectivity index (χ0) is 16.7. The molecule has 6 heteroatoms. The zero-order valence-electron chi connectivity index (χ0n) is 12.7. The number of anilines is 1. The quantitative estimate of drug-likeness (QED) is 0.620. The third kappa shape index (κ3) is 2.56. The van der Waals surface area contributed by atoms with E-state index in [9.17, 15) is 4.79 Å². The number of benzene rings is 2. The second-order valence-electron chi connectivity index (χ2n) is 5.63. The van der Waals surface area contributed by atoms with Gasteiger partial charge in [-0.05, 0) is 65.4 Å². The third-order valence-corrected chi connectivity index (χ3v) is 4.78. The van der Waals surface area contributed by atoms with Gasteiger partial charge < -0.3 is 10.4 Å². The molecular weight excluding hydrogens is 417 g/mol. The summed E-state index contributed by atoms with van der Waals surface area (Å²) in [7, 11) is 0. The number of hydrogen-bond donors (Lipinski definition) is 2. The molecule has 0 saturated heterocycles. The molecule has 2 aromatic carbocycles. The van der Waals surface area contributed by atoms with Gasteiger partial charge in [0, 0.05) is 21.2 Å². The highest BCUT2D eigenvalue weighted by Crippen LogP contribution is 2.34. The highest BCUT2D eigenvalue weighted by atomic mass is 127. The van der Waals surface area contributed by atoms with Gasteiger partial charge in [-0.15, -0.1) is 0 Å². The van der Waals surface area contributed by atoms with Crippen LogP contribution in [-0.4, -0.2) is 27.4 Å². The monoisotopic (exact) mass is 431 g/mol. The van der Waals surface area contributed by atoms with E-state index >= 15 is 0 Å². The summed E-state index contributed by atoms with van der Waals surface area (Å²) in [5, 5.41) is 17.2. The molecule has 0 unspecified atom stereocenters. The Morgan fingerprint density at radius 1 is 1.21 bits per heavy atom. The molecule has 1 aliphatic rings. The molecule has 1 aromatic heterocycles. The Morgan fingerprint density at radius 3 is 2.71 bits per heavy atom. The Bertz CT molecular complexity index is 932. The van der Waals surface area contributed by atoms with Crippen LogP contribution in [0.25, 0.3) is 16.9 Å². The summed E-state index contributed by atoms with van der Waals surface area (Å²) in [4.78, 5) is 11.0. The number of rotatable bonds is 3. The molecule has 0 radical (unpaired) electrons. The van der Waals surface area contributed by atoms with Gasteiger partial charge in [0.15, 0.2) is 0 Å². The van der Waals surface area contributed by atoms with Gasteiger partial charge in [-0.2, -0.15) is 5.10 Å². The average molecular weight is 431 g/mol. The highest BCUT2D eigenvalue weighted by molar-refractivity contribution is 14.1. The molecule has 4 rings (SSSR count). The summed E-state index contributed by atoms with van der Waals surface area (Å²) >= 11 is 2.30.